The van der Waals surface area contributed by atoms with Crippen LogP contribution in [0.2, 0.25) is 0 Å². The molecule has 1 aromatic carbocycles. The first-order valence-corrected chi connectivity index (χ1v) is 8.35. The van der Waals surface area contributed by atoms with Crippen molar-refractivity contribution in [2.45, 2.75) is 6.42 Å². The Kier molecular flexibility index (Phi) is 4.96. The Morgan fingerprint density at radius 2 is 1.96 bits per heavy atom. The van der Waals surface area contributed by atoms with Crippen LogP contribution in [-0.2, 0) is 4.74 Å². The molecule has 25 heavy (non-hydrogen) atoms. The molecule has 0 aliphatic carbocycles. The van der Waals surface area contributed by atoms with Crippen molar-refractivity contribution in [1.82, 2.24) is 4.40 Å². The summed E-state index contributed by atoms with van der Waals surface area (Å²) >= 11 is 3.37. The smallest absolute Gasteiger partial charge is 0.344 e. The predicted octanol–water partition coefficient (Wildman–Crippen LogP) is 3.80. The van der Waals surface area contributed by atoms with Crippen LogP contribution in [0.1, 0.15) is 16.8 Å². The summed E-state index contributed by atoms with van der Waals surface area (Å²) in [6.07, 6.45) is 1.68. The van der Waals surface area contributed by atoms with Crippen molar-refractivity contribution in [3.63, 3.8) is 0 Å². The molecule has 124 valence electrons. The van der Waals surface area contributed by atoms with Crippen molar-refractivity contribution < 1.29 is 9.53 Å². The van der Waals surface area contributed by atoms with E-state index in [-0.39, 0.29) is 18.6 Å². The van der Waals surface area contributed by atoms with Crippen LogP contribution in [0.5, 0.6) is 0 Å². The van der Waals surface area contributed by atoms with Gasteiger partial charge in [0.05, 0.1) is 12.5 Å². The van der Waals surface area contributed by atoms with Crippen molar-refractivity contribution >= 4 is 27.4 Å². The highest BCUT2D eigenvalue weighted by Crippen LogP contribution is 2.25. The van der Waals surface area contributed by atoms with Crippen LogP contribution in [0.4, 0.5) is 0 Å². The predicted molar refractivity (Wildman–Crippen MR) is 97.3 cm³/mol. The molecule has 2 aromatic heterocycles. The molecule has 5 nitrogen and oxygen atoms in total. The maximum Gasteiger partial charge on any atom is 0.344 e. The maximum atomic E-state index is 12.9. The fraction of sp³-hybridized carbons (Fsp3) is 0.105. The second kappa shape index (κ2) is 7.32. The molecule has 0 radical (unpaired) electrons. The average molecular weight is 397 g/mol. The molecule has 0 spiro atoms. The van der Waals surface area contributed by atoms with Crippen molar-refractivity contribution in [3.05, 3.63) is 75.1 Å². The SMILES string of the molecule is N#CCCOC(=O)c1c(-c2ccc(Br)cc2)cc2ccccn2c1=O. The lowest BCUT2D eigenvalue weighted by atomic mass is 10.0. The normalized spacial score (nSPS) is 10.4. The largest absolute Gasteiger partial charge is 0.461 e. The molecule has 0 atom stereocenters. The van der Waals surface area contributed by atoms with Crippen LogP contribution >= 0.6 is 15.9 Å². The number of aromatic nitrogens is 1. The quantitative estimate of drug-likeness (QED) is 0.496. The number of pyridine rings is 2. The number of hydrogen-bond acceptors (Lipinski definition) is 4. The Morgan fingerprint density at radius 3 is 2.68 bits per heavy atom. The van der Waals surface area contributed by atoms with Gasteiger partial charge in [0, 0.05) is 21.7 Å². The highest BCUT2D eigenvalue weighted by Gasteiger charge is 2.20. The summed E-state index contributed by atoms with van der Waals surface area (Å²) in [5.41, 5.74) is 1.44. The van der Waals surface area contributed by atoms with E-state index in [1.807, 2.05) is 36.4 Å². The van der Waals surface area contributed by atoms with Gasteiger partial charge in [-0.3, -0.25) is 9.20 Å². The topological polar surface area (TPSA) is 71.6 Å². The Labute approximate surface area is 152 Å². The number of rotatable bonds is 4. The van der Waals surface area contributed by atoms with E-state index in [4.69, 9.17) is 10.00 Å². The minimum absolute atomic E-state index is 0.0380. The number of carbonyl (C=O) groups is 1. The van der Waals surface area contributed by atoms with Gasteiger partial charge in [0.1, 0.15) is 12.2 Å². The molecule has 0 saturated carbocycles. The zero-order valence-electron chi connectivity index (χ0n) is 13.1. The molecular formula is C19H13BrN2O3. The summed E-state index contributed by atoms with van der Waals surface area (Å²) in [5.74, 6) is -0.726. The van der Waals surface area contributed by atoms with E-state index in [9.17, 15) is 9.59 Å². The van der Waals surface area contributed by atoms with Gasteiger partial charge in [0.2, 0.25) is 0 Å². The number of ether oxygens (including phenoxy) is 1. The third-order valence-corrected chi connectivity index (χ3v) is 4.22. The van der Waals surface area contributed by atoms with E-state index in [2.05, 4.69) is 15.9 Å². The lowest BCUT2D eigenvalue weighted by Gasteiger charge is -2.11. The van der Waals surface area contributed by atoms with E-state index >= 15 is 0 Å². The molecule has 0 N–H and O–H groups in total. The summed E-state index contributed by atoms with van der Waals surface area (Å²) in [7, 11) is 0. The number of hydrogen-bond donors (Lipinski definition) is 0. The number of fused-ring (bicyclic) bond motifs is 1. The molecule has 0 aliphatic heterocycles. The molecule has 0 unspecified atom stereocenters. The fourth-order valence-electron chi connectivity index (χ4n) is 2.53. The van der Waals surface area contributed by atoms with Gasteiger partial charge in [0.15, 0.2) is 0 Å². The van der Waals surface area contributed by atoms with Gasteiger partial charge in [0.25, 0.3) is 5.56 Å². The second-order valence-corrected chi connectivity index (χ2v) is 6.20. The molecule has 6 heteroatoms. The summed E-state index contributed by atoms with van der Waals surface area (Å²) in [6.45, 7) is -0.0496. The van der Waals surface area contributed by atoms with Gasteiger partial charge >= 0.3 is 5.97 Å². The van der Waals surface area contributed by atoms with E-state index in [1.165, 1.54) is 4.40 Å². The minimum atomic E-state index is -0.726. The van der Waals surface area contributed by atoms with Gasteiger partial charge in [-0.2, -0.15) is 5.26 Å². The Hall–Kier alpha value is -2.91. The third-order valence-electron chi connectivity index (χ3n) is 3.69. The van der Waals surface area contributed by atoms with Gasteiger partial charge < -0.3 is 4.74 Å². The molecule has 3 aromatic rings. The molecule has 2 heterocycles. The first kappa shape index (κ1) is 16.9. The highest BCUT2D eigenvalue weighted by atomic mass is 79.9. The van der Waals surface area contributed by atoms with E-state index < -0.39 is 11.5 Å². The lowest BCUT2D eigenvalue weighted by Crippen LogP contribution is -2.25. The Morgan fingerprint density at radius 1 is 1.20 bits per heavy atom. The van der Waals surface area contributed by atoms with Gasteiger partial charge in [-0.1, -0.05) is 34.1 Å². The molecular weight excluding hydrogens is 384 g/mol. The van der Waals surface area contributed by atoms with Crippen LogP contribution in [0.25, 0.3) is 16.6 Å². The van der Waals surface area contributed by atoms with Gasteiger partial charge in [-0.25, -0.2) is 4.79 Å². The van der Waals surface area contributed by atoms with Crippen LogP contribution in [-0.4, -0.2) is 17.0 Å². The van der Waals surface area contributed by atoms with E-state index in [0.717, 1.165) is 10.0 Å². The molecule has 0 bridgehead atoms. The Balaban J connectivity index is 2.21. The number of carbonyl (C=O) groups excluding carboxylic acids is 1. The standard InChI is InChI=1S/C19H13BrN2O3/c20-14-7-5-13(6-8-14)16-12-15-4-1-2-10-22(15)18(23)17(16)19(24)25-11-3-9-21/h1-2,4-8,10,12H,3,11H2. The average Bonchev–Trinajstić information content (AvgIpc) is 2.62. The summed E-state index contributed by atoms with van der Waals surface area (Å²) in [6, 6.07) is 16.4. The number of esters is 1. The summed E-state index contributed by atoms with van der Waals surface area (Å²) in [5, 5.41) is 8.59. The molecule has 0 amide bonds. The first-order valence-electron chi connectivity index (χ1n) is 7.56. The molecule has 0 fully saturated rings. The number of nitriles is 1. The number of benzene rings is 1. The van der Waals surface area contributed by atoms with Crippen LogP contribution in [0.15, 0.2) is 64.0 Å². The number of nitrogens with zero attached hydrogens (tertiary/aromatic N) is 2. The van der Waals surface area contributed by atoms with Crippen molar-refractivity contribution in [1.29, 1.82) is 5.26 Å². The highest BCUT2D eigenvalue weighted by molar-refractivity contribution is 9.10. The van der Waals surface area contributed by atoms with Gasteiger partial charge in [-0.05, 0) is 35.9 Å². The first-order chi connectivity index (χ1) is 12.1. The van der Waals surface area contributed by atoms with Crippen molar-refractivity contribution in [3.8, 4) is 17.2 Å². The van der Waals surface area contributed by atoms with Gasteiger partial charge in [-0.15, -0.1) is 0 Å². The molecule has 0 saturated heterocycles. The van der Waals surface area contributed by atoms with Crippen LogP contribution in [0, 0.1) is 11.3 Å². The Bertz CT molecular complexity index is 1030. The lowest BCUT2D eigenvalue weighted by molar-refractivity contribution is 0.0512. The third kappa shape index (κ3) is 3.47. The zero-order chi connectivity index (χ0) is 17.8. The van der Waals surface area contributed by atoms with Crippen molar-refractivity contribution in [2.75, 3.05) is 6.61 Å². The fourth-order valence-corrected chi connectivity index (χ4v) is 2.79. The molecule has 0 aliphatic rings. The zero-order valence-corrected chi connectivity index (χ0v) is 14.7. The van der Waals surface area contributed by atoms with Crippen molar-refractivity contribution in [2.24, 2.45) is 0 Å². The monoisotopic (exact) mass is 396 g/mol. The number of halogens is 1. The summed E-state index contributed by atoms with van der Waals surface area (Å²) < 4.78 is 7.40. The summed E-state index contributed by atoms with van der Waals surface area (Å²) in [4.78, 5) is 25.3. The molecule has 3 rings (SSSR count). The van der Waals surface area contributed by atoms with E-state index in [1.54, 1.807) is 24.4 Å². The second-order valence-electron chi connectivity index (χ2n) is 5.28. The van der Waals surface area contributed by atoms with Crippen LogP contribution in [0.3, 0.4) is 0 Å². The maximum absolute atomic E-state index is 12.9. The minimum Gasteiger partial charge on any atom is -0.461 e. The van der Waals surface area contributed by atoms with E-state index in [0.29, 0.717) is 11.1 Å². The van der Waals surface area contributed by atoms with Crippen LogP contribution < -0.4 is 5.56 Å².